The lowest BCUT2D eigenvalue weighted by atomic mass is 10.2. The third kappa shape index (κ3) is 4.97. The highest BCUT2D eigenvalue weighted by molar-refractivity contribution is 5.97. The van der Waals surface area contributed by atoms with Gasteiger partial charge in [0.2, 0.25) is 0 Å². The van der Waals surface area contributed by atoms with E-state index in [1.807, 2.05) is 0 Å². The first kappa shape index (κ1) is 19.8. The minimum atomic E-state index is -0.720. The van der Waals surface area contributed by atoms with Gasteiger partial charge in [0.05, 0.1) is 26.9 Å². The fourth-order valence-corrected chi connectivity index (χ4v) is 2.26. The summed E-state index contributed by atoms with van der Waals surface area (Å²) < 4.78 is 19.9. The Kier molecular flexibility index (Phi) is 6.76. The summed E-state index contributed by atoms with van der Waals surface area (Å²) in [6.07, 6.45) is 0. The van der Waals surface area contributed by atoms with Crippen LogP contribution in [0.25, 0.3) is 0 Å². The number of methoxy groups -OCH3 is 3. The predicted molar refractivity (Wildman–Crippen MR) is 96.2 cm³/mol. The van der Waals surface area contributed by atoms with Gasteiger partial charge in [0.15, 0.2) is 18.1 Å². The van der Waals surface area contributed by atoms with Crippen molar-refractivity contribution in [3.8, 4) is 11.5 Å². The predicted octanol–water partition coefficient (Wildman–Crippen LogP) is 2.29. The smallest absolute Gasteiger partial charge is 0.342 e. The molecule has 0 saturated carbocycles. The third-order valence-corrected chi connectivity index (χ3v) is 3.55. The second kappa shape index (κ2) is 9.23. The van der Waals surface area contributed by atoms with Crippen LogP contribution in [-0.4, -0.2) is 45.8 Å². The number of amides is 1. The lowest BCUT2D eigenvalue weighted by molar-refractivity contribution is -0.119. The fourth-order valence-electron chi connectivity index (χ4n) is 2.26. The van der Waals surface area contributed by atoms with Crippen LogP contribution in [0, 0.1) is 0 Å². The Hall–Kier alpha value is -3.55. The second-order valence-corrected chi connectivity index (χ2v) is 5.23. The molecule has 2 rings (SSSR count). The number of rotatable bonds is 7. The van der Waals surface area contributed by atoms with Gasteiger partial charge in [-0.15, -0.1) is 0 Å². The van der Waals surface area contributed by atoms with Gasteiger partial charge in [-0.25, -0.2) is 9.59 Å². The molecular weight excluding hydrogens is 354 g/mol. The number of carbonyl (C=O) groups is 3. The van der Waals surface area contributed by atoms with Gasteiger partial charge in [0, 0.05) is 5.69 Å². The Morgan fingerprint density at radius 3 is 2.19 bits per heavy atom. The van der Waals surface area contributed by atoms with Crippen LogP contribution in [0.1, 0.15) is 20.7 Å². The maximum absolute atomic E-state index is 12.2. The van der Waals surface area contributed by atoms with Crippen LogP contribution in [0.5, 0.6) is 11.5 Å². The molecule has 8 nitrogen and oxygen atoms in total. The molecule has 142 valence electrons. The first-order chi connectivity index (χ1) is 13.0. The molecule has 0 heterocycles. The molecule has 1 amide bonds. The number of ether oxygens (including phenoxy) is 4. The van der Waals surface area contributed by atoms with E-state index in [2.05, 4.69) is 10.1 Å². The van der Waals surface area contributed by atoms with E-state index in [-0.39, 0.29) is 11.3 Å². The van der Waals surface area contributed by atoms with E-state index in [0.29, 0.717) is 17.0 Å². The third-order valence-electron chi connectivity index (χ3n) is 3.55. The van der Waals surface area contributed by atoms with Gasteiger partial charge in [0.25, 0.3) is 5.91 Å². The summed E-state index contributed by atoms with van der Waals surface area (Å²) in [5.41, 5.74) is 0.946. The zero-order chi connectivity index (χ0) is 19.8. The number of hydrogen-bond donors (Lipinski definition) is 1. The van der Waals surface area contributed by atoms with Crippen LogP contribution < -0.4 is 14.8 Å². The topological polar surface area (TPSA) is 100 Å². The van der Waals surface area contributed by atoms with E-state index < -0.39 is 24.5 Å². The summed E-state index contributed by atoms with van der Waals surface area (Å²) in [5.74, 6) is -1.13. The van der Waals surface area contributed by atoms with Crippen LogP contribution in [0.2, 0.25) is 0 Å². The Labute approximate surface area is 156 Å². The number of hydrogen-bond acceptors (Lipinski definition) is 7. The van der Waals surface area contributed by atoms with Crippen LogP contribution >= 0.6 is 0 Å². The van der Waals surface area contributed by atoms with Crippen molar-refractivity contribution < 1.29 is 33.3 Å². The Bertz CT molecular complexity index is 830. The summed E-state index contributed by atoms with van der Waals surface area (Å²) in [4.78, 5) is 35.5. The zero-order valence-electron chi connectivity index (χ0n) is 15.1. The number of anilines is 1. The van der Waals surface area contributed by atoms with Crippen LogP contribution in [0.4, 0.5) is 5.69 Å². The zero-order valence-corrected chi connectivity index (χ0v) is 15.1. The van der Waals surface area contributed by atoms with Crippen LogP contribution in [0.15, 0.2) is 42.5 Å². The lowest BCUT2D eigenvalue weighted by Gasteiger charge is -2.12. The molecular formula is C19H19NO7. The molecule has 0 unspecified atom stereocenters. The van der Waals surface area contributed by atoms with E-state index in [4.69, 9.17) is 14.2 Å². The molecule has 0 spiro atoms. The quantitative estimate of drug-likeness (QED) is 0.743. The number of benzene rings is 2. The highest BCUT2D eigenvalue weighted by Crippen LogP contribution is 2.31. The molecule has 27 heavy (non-hydrogen) atoms. The van der Waals surface area contributed by atoms with Gasteiger partial charge >= 0.3 is 11.9 Å². The normalized spacial score (nSPS) is 9.89. The molecule has 1 N–H and O–H groups in total. The van der Waals surface area contributed by atoms with Crippen molar-refractivity contribution >= 4 is 23.5 Å². The standard InChI is InChI=1S/C19H19NO7/c1-24-15-6-4-5-14(17(15)25-2)19(23)27-11-16(21)20-13-9-7-12(8-10-13)18(22)26-3/h4-10H,11H2,1-3H3,(H,20,21). The molecule has 0 radical (unpaired) electrons. The average Bonchev–Trinajstić information content (AvgIpc) is 2.71. The van der Waals surface area contributed by atoms with Crippen molar-refractivity contribution in [2.45, 2.75) is 0 Å². The number of carbonyl (C=O) groups excluding carboxylic acids is 3. The molecule has 2 aromatic carbocycles. The van der Waals surface area contributed by atoms with Crippen molar-refractivity contribution in [2.75, 3.05) is 33.3 Å². The second-order valence-electron chi connectivity index (χ2n) is 5.23. The molecule has 0 aromatic heterocycles. The van der Waals surface area contributed by atoms with Crippen molar-refractivity contribution in [3.63, 3.8) is 0 Å². The van der Waals surface area contributed by atoms with Gasteiger partial charge in [0.1, 0.15) is 5.56 Å². The van der Waals surface area contributed by atoms with E-state index in [1.165, 1.54) is 51.7 Å². The van der Waals surface area contributed by atoms with Gasteiger partial charge in [-0.1, -0.05) is 6.07 Å². The van der Waals surface area contributed by atoms with E-state index in [0.717, 1.165) is 0 Å². The summed E-state index contributed by atoms with van der Waals surface area (Å²) in [6, 6.07) is 10.9. The van der Waals surface area contributed by atoms with Crippen LogP contribution in [0.3, 0.4) is 0 Å². The van der Waals surface area contributed by atoms with Gasteiger partial charge in [-0.3, -0.25) is 4.79 Å². The van der Waals surface area contributed by atoms with Gasteiger partial charge in [-0.2, -0.15) is 0 Å². The summed E-state index contributed by atoms with van der Waals surface area (Å²) in [7, 11) is 4.13. The highest BCUT2D eigenvalue weighted by Gasteiger charge is 2.18. The van der Waals surface area contributed by atoms with Crippen molar-refractivity contribution in [1.82, 2.24) is 0 Å². The summed E-state index contributed by atoms with van der Waals surface area (Å²) in [6.45, 7) is -0.488. The summed E-state index contributed by atoms with van der Waals surface area (Å²) in [5, 5.41) is 2.56. The van der Waals surface area contributed by atoms with E-state index in [9.17, 15) is 14.4 Å². The average molecular weight is 373 g/mol. The lowest BCUT2D eigenvalue weighted by Crippen LogP contribution is -2.21. The number of esters is 2. The molecule has 0 aliphatic heterocycles. The van der Waals surface area contributed by atoms with Crippen LogP contribution in [-0.2, 0) is 14.3 Å². The Morgan fingerprint density at radius 2 is 1.59 bits per heavy atom. The number of nitrogens with one attached hydrogen (secondary N) is 1. The SMILES string of the molecule is COC(=O)c1ccc(NC(=O)COC(=O)c2cccc(OC)c2OC)cc1. The van der Waals surface area contributed by atoms with Gasteiger partial charge in [-0.05, 0) is 36.4 Å². The molecule has 0 aliphatic carbocycles. The summed E-state index contributed by atoms with van der Waals surface area (Å²) >= 11 is 0. The molecule has 0 atom stereocenters. The largest absolute Gasteiger partial charge is 0.493 e. The van der Waals surface area contributed by atoms with Gasteiger partial charge < -0.3 is 24.3 Å². The first-order valence-electron chi connectivity index (χ1n) is 7.86. The monoisotopic (exact) mass is 373 g/mol. The van der Waals surface area contributed by atoms with E-state index in [1.54, 1.807) is 12.1 Å². The molecule has 8 heteroatoms. The Balaban J connectivity index is 1.96. The van der Waals surface area contributed by atoms with Crippen molar-refractivity contribution in [2.24, 2.45) is 0 Å². The highest BCUT2D eigenvalue weighted by atomic mass is 16.5. The van der Waals surface area contributed by atoms with Crippen molar-refractivity contribution in [1.29, 1.82) is 0 Å². The maximum Gasteiger partial charge on any atom is 0.342 e. The molecule has 0 saturated heterocycles. The molecule has 0 aliphatic rings. The first-order valence-corrected chi connectivity index (χ1v) is 7.86. The number of para-hydroxylation sites is 1. The molecule has 0 bridgehead atoms. The minimum Gasteiger partial charge on any atom is -0.493 e. The van der Waals surface area contributed by atoms with Crippen molar-refractivity contribution in [3.05, 3.63) is 53.6 Å². The van der Waals surface area contributed by atoms with E-state index >= 15 is 0 Å². The Morgan fingerprint density at radius 1 is 0.889 bits per heavy atom. The fraction of sp³-hybridized carbons (Fsp3) is 0.211. The minimum absolute atomic E-state index is 0.145. The maximum atomic E-state index is 12.2. The molecule has 0 fully saturated rings. The molecule has 2 aromatic rings.